The summed E-state index contributed by atoms with van der Waals surface area (Å²) in [6.45, 7) is 9.27. The highest BCUT2D eigenvalue weighted by Crippen LogP contribution is 2.49. The SMILES string of the molecule is CC1(C)C(=CC=C2CCCC(C=CC3=[N+](CCCCCC(=O)NCCCC[C@@H]4NC(=O)[C@@H](Cc5ccc(O)cc5)NC(=O)[C@H](CC(=O)O)NC(=O)CNC(=O)[C@H](CCCN=C(N)N)NC4=O)c4ccc(S(=O)(=O)O)cc4C3(C)C)=C2Oc2ccc(S(=O)(=O)O)cc2)N(CCCC[N+](C)(C)C)c2ccc(S(=O)(=O)O)cc21. The van der Waals surface area contributed by atoms with Gasteiger partial charge in [0.2, 0.25) is 41.1 Å². The van der Waals surface area contributed by atoms with Gasteiger partial charge in [-0.05, 0) is 192 Å². The maximum absolute atomic E-state index is 14.3. The van der Waals surface area contributed by atoms with Gasteiger partial charge in [0.1, 0.15) is 48.0 Å². The third kappa shape index (κ3) is 23.6. The van der Waals surface area contributed by atoms with E-state index in [0.29, 0.717) is 86.2 Å². The van der Waals surface area contributed by atoms with Gasteiger partial charge in [-0.2, -0.15) is 29.8 Å². The molecule has 1 fully saturated rings. The number of nitrogens with zero attached hydrogens (tertiary/aromatic N) is 4. The molecule has 4 atom stereocenters. The second-order valence-corrected chi connectivity index (χ2v) is 34.2. The number of aliphatic carboxylic acids is 1. The number of ether oxygens (including phenoxy) is 1. The molecule has 0 saturated carbocycles. The molecule has 8 rings (SSSR count). The van der Waals surface area contributed by atoms with Crippen molar-refractivity contribution in [2.75, 3.05) is 65.3 Å². The average Bonchev–Trinajstić information content (AvgIpc) is 1.59. The van der Waals surface area contributed by atoms with Crippen LogP contribution in [-0.4, -0.2) is 196 Å². The Bertz CT molecular complexity index is 4680. The first-order valence-electron chi connectivity index (χ1n) is 36.5. The lowest BCUT2D eigenvalue weighted by atomic mass is 9.81. The molecule has 15 N–H and O–H groups in total. The molecule has 596 valence electrons. The van der Waals surface area contributed by atoms with E-state index in [9.17, 15) is 82.7 Å². The number of benzene rings is 4. The van der Waals surface area contributed by atoms with Crippen LogP contribution in [0.15, 0.2) is 152 Å². The van der Waals surface area contributed by atoms with E-state index in [1.54, 1.807) is 12.1 Å². The van der Waals surface area contributed by atoms with E-state index in [-0.39, 0.29) is 89.7 Å². The highest BCUT2D eigenvalue weighted by Gasteiger charge is 2.46. The van der Waals surface area contributed by atoms with E-state index < -0.39 is 114 Å². The van der Waals surface area contributed by atoms with Gasteiger partial charge in [-0.25, -0.2) is 0 Å². The van der Waals surface area contributed by atoms with Crippen molar-refractivity contribution in [3.8, 4) is 11.5 Å². The molecule has 6 amide bonds. The monoisotopic (exact) mass is 1580 g/mol. The summed E-state index contributed by atoms with van der Waals surface area (Å²) in [6.07, 6.45) is 12.5. The Labute approximate surface area is 641 Å². The number of anilines is 1. The maximum Gasteiger partial charge on any atom is 0.305 e. The summed E-state index contributed by atoms with van der Waals surface area (Å²) in [5.41, 5.74) is 15.8. The molecule has 1 aliphatic carbocycles. The number of carboxylic acids is 1. The minimum atomic E-state index is -4.64. The maximum atomic E-state index is 14.3. The number of hydrogen-bond donors (Lipinski definition) is 13. The van der Waals surface area contributed by atoms with Crippen LogP contribution in [0.4, 0.5) is 11.4 Å². The number of nitrogens with one attached hydrogen (secondary N) is 6. The van der Waals surface area contributed by atoms with E-state index in [2.05, 4.69) is 67.5 Å². The van der Waals surface area contributed by atoms with Crippen molar-refractivity contribution in [3.63, 3.8) is 0 Å². The third-order valence-corrected chi connectivity index (χ3v) is 22.3. The molecule has 0 unspecified atom stereocenters. The number of quaternary nitrogens is 1. The Hall–Kier alpha value is -9.84. The number of phenols is 1. The van der Waals surface area contributed by atoms with Gasteiger partial charge in [-0.15, -0.1) is 0 Å². The number of allylic oxidation sites excluding steroid dienone is 7. The Balaban J connectivity index is 1.01. The van der Waals surface area contributed by atoms with E-state index in [4.69, 9.17) is 16.2 Å². The number of rotatable bonds is 32. The molecule has 110 heavy (non-hydrogen) atoms. The van der Waals surface area contributed by atoms with Crippen molar-refractivity contribution in [2.45, 2.75) is 180 Å². The van der Waals surface area contributed by atoms with Gasteiger partial charge in [0, 0.05) is 73.4 Å². The largest absolute Gasteiger partial charge is 0.508 e. The summed E-state index contributed by atoms with van der Waals surface area (Å²) < 4.78 is 115. The van der Waals surface area contributed by atoms with Crippen molar-refractivity contribution in [2.24, 2.45) is 16.5 Å². The normalized spacial score (nSPS) is 20.1. The predicted molar refractivity (Wildman–Crippen MR) is 411 cm³/mol. The number of hydrogen-bond acceptors (Lipinski definition) is 17. The lowest BCUT2D eigenvalue weighted by Crippen LogP contribution is -2.58. The van der Waals surface area contributed by atoms with Crippen LogP contribution in [-0.2, 0) is 81.2 Å². The molecule has 3 aliphatic heterocycles. The van der Waals surface area contributed by atoms with Crippen LogP contribution in [0.3, 0.4) is 0 Å². The van der Waals surface area contributed by atoms with Crippen molar-refractivity contribution in [1.29, 1.82) is 0 Å². The Morgan fingerprint density at radius 3 is 1.93 bits per heavy atom. The van der Waals surface area contributed by atoms with Crippen LogP contribution in [0, 0.1) is 0 Å². The third-order valence-electron chi connectivity index (χ3n) is 19.7. The van der Waals surface area contributed by atoms with E-state index >= 15 is 0 Å². The average molecular weight is 1580 g/mol. The summed E-state index contributed by atoms with van der Waals surface area (Å²) in [7, 11) is -7.37. The Morgan fingerprint density at radius 1 is 0.673 bits per heavy atom. The lowest BCUT2D eigenvalue weighted by Gasteiger charge is -2.28. The molecular formula is C76H102N12O19S3+2. The van der Waals surface area contributed by atoms with Crippen LogP contribution in [0.1, 0.15) is 141 Å². The van der Waals surface area contributed by atoms with E-state index in [0.717, 1.165) is 52.1 Å². The van der Waals surface area contributed by atoms with Crippen molar-refractivity contribution in [3.05, 3.63) is 149 Å². The number of amides is 6. The molecule has 4 aromatic carbocycles. The summed E-state index contributed by atoms with van der Waals surface area (Å²) in [6, 6.07) is 14.3. The van der Waals surface area contributed by atoms with Crippen LogP contribution >= 0.6 is 0 Å². The van der Waals surface area contributed by atoms with Gasteiger partial charge in [-0.1, -0.05) is 32.1 Å². The second kappa shape index (κ2) is 36.8. The van der Waals surface area contributed by atoms with E-state index in [1.165, 1.54) is 72.8 Å². The molecule has 0 radical (unpaired) electrons. The smallest absolute Gasteiger partial charge is 0.305 e. The molecule has 4 aliphatic rings. The highest BCUT2D eigenvalue weighted by atomic mass is 32.2. The number of carbonyl (C=O) groups is 7. The molecule has 4 aromatic rings. The fourth-order valence-electron chi connectivity index (χ4n) is 13.9. The molecule has 31 nitrogen and oxygen atoms in total. The fraction of sp³-hybridized carbons (Fsp3) is 0.461. The first kappa shape index (κ1) is 85.8. The van der Waals surface area contributed by atoms with Gasteiger partial charge in [0.15, 0.2) is 11.7 Å². The lowest BCUT2D eigenvalue weighted by molar-refractivity contribution is -0.870. The number of guanidine groups is 1. The molecule has 1 saturated heterocycles. The minimum absolute atomic E-state index is 0.0385. The first-order valence-corrected chi connectivity index (χ1v) is 40.8. The van der Waals surface area contributed by atoms with Gasteiger partial charge >= 0.3 is 5.97 Å². The van der Waals surface area contributed by atoms with Gasteiger partial charge in [0.25, 0.3) is 30.4 Å². The second-order valence-electron chi connectivity index (χ2n) is 29.9. The quantitative estimate of drug-likeness (QED) is 0.00730. The Morgan fingerprint density at radius 2 is 1.28 bits per heavy atom. The standard InChI is InChI=1S/C76H100N12O19S3/c1-75(2)56-44-54(109(101,102)103)32-34-62(56)86(64(75)36-24-49-17-15-18-50(69(49)107-52-28-30-53(31-29-52)108(98,99)100)25-37-65-76(3,4)57-45-55(110(104,105)106)33-35-63(57)87(65)41-13-14-42-88(5,6)7)40-12-8-9-21-66(90)79-38-11-10-19-59-71(95)83-58(20-16-39-80-74(77)78)70(94)81-47-67(91)82-61(46-68(92)93)73(97)85-60(72(96)84-59)43-48-22-26-51(89)27-23-48/h22-37,44-45,58-61H,8-21,38-43,46-47H2,1-7H3,(H13-2,77,78,79,80,81,82,83,84,85,89,90,91,92,93,94,95,96,97,98,99,100,101,102,103,104,105,106)/p+2/t58-,59-,60+,61-/m0/s1. The van der Waals surface area contributed by atoms with E-state index in [1.807, 2.05) is 52.0 Å². The number of unbranched alkanes of at least 4 members (excludes halogenated alkanes) is 4. The van der Waals surface area contributed by atoms with Crippen LogP contribution in [0.2, 0.25) is 0 Å². The van der Waals surface area contributed by atoms with Crippen LogP contribution < -0.4 is 53.0 Å². The number of fused-ring (bicyclic) bond motifs is 2. The van der Waals surface area contributed by atoms with Gasteiger partial charge in [-0.3, -0.25) is 52.2 Å². The summed E-state index contributed by atoms with van der Waals surface area (Å²) in [5.74, 6) is -5.81. The zero-order chi connectivity index (χ0) is 80.7. The summed E-state index contributed by atoms with van der Waals surface area (Å²) >= 11 is 0. The molecule has 0 bridgehead atoms. The number of carboxylic acid groups (broad SMARTS) is 1. The van der Waals surface area contributed by atoms with Gasteiger partial charge < -0.3 is 67.7 Å². The first-order chi connectivity index (χ1) is 51.6. The highest BCUT2D eigenvalue weighted by molar-refractivity contribution is 7.86. The zero-order valence-corrected chi connectivity index (χ0v) is 65.3. The number of carbonyl (C=O) groups excluding carboxylic acids is 6. The van der Waals surface area contributed by atoms with Crippen molar-refractivity contribution < 1.29 is 96.5 Å². The number of nitrogens with two attached hydrogens (primary N) is 2. The summed E-state index contributed by atoms with van der Waals surface area (Å²) in [4.78, 5) is 99.7. The molecular weight excluding hydrogens is 1480 g/mol. The molecule has 34 heteroatoms. The number of phenolic OH excluding ortho intramolecular Hbond substituents is 1. The number of aromatic hydroxyl groups is 1. The topological polar surface area (TPSA) is 475 Å². The van der Waals surface area contributed by atoms with Crippen molar-refractivity contribution in [1.82, 2.24) is 31.9 Å². The predicted octanol–water partition coefficient (Wildman–Crippen LogP) is 5.36. The molecule has 0 spiro atoms. The minimum Gasteiger partial charge on any atom is -0.508 e. The van der Waals surface area contributed by atoms with Crippen LogP contribution in [0.25, 0.3) is 0 Å². The fourth-order valence-corrected chi connectivity index (χ4v) is 15.3. The molecule has 3 heterocycles. The summed E-state index contributed by atoms with van der Waals surface area (Å²) in [5, 5.41) is 35.1. The Kier molecular flexibility index (Phi) is 28.7. The van der Waals surface area contributed by atoms with Gasteiger partial charge in [0.05, 0.1) is 60.8 Å². The number of aliphatic imine (C=N–C) groups is 1. The van der Waals surface area contributed by atoms with Crippen LogP contribution in [0.5, 0.6) is 11.5 Å². The zero-order valence-electron chi connectivity index (χ0n) is 62.9. The van der Waals surface area contributed by atoms with Crippen molar-refractivity contribution >= 4 is 94.8 Å². The molecule has 0 aromatic heterocycles.